The molecular formula is C21H21Cl3Ti. The van der Waals surface area contributed by atoms with Crippen LogP contribution in [0, 0.1) is 0 Å². The van der Waals surface area contributed by atoms with E-state index in [1.165, 1.54) is 20.6 Å². The fraction of sp³-hybridized carbons (Fsp3) is 0.238. The van der Waals surface area contributed by atoms with Crippen molar-refractivity contribution in [3.63, 3.8) is 0 Å². The number of rotatable bonds is 4. The second-order valence-electron chi connectivity index (χ2n) is 5.99. The van der Waals surface area contributed by atoms with E-state index in [2.05, 4.69) is 101 Å². The maximum atomic E-state index is 2.39. The molecule has 0 radical (unpaired) electrons. The van der Waals surface area contributed by atoms with Gasteiger partial charge in [-0.05, 0) is 0 Å². The molecule has 0 aliphatic heterocycles. The zero-order chi connectivity index (χ0) is 15.6. The first-order valence-corrected chi connectivity index (χ1v) is 8.71. The van der Waals surface area contributed by atoms with Crippen molar-refractivity contribution in [3.8, 4) is 0 Å². The van der Waals surface area contributed by atoms with Crippen LogP contribution in [0.4, 0.5) is 0 Å². The molecule has 0 amide bonds. The second kappa shape index (κ2) is 10.6. The monoisotopic (exact) mass is 426 g/mol. The van der Waals surface area contributed by atoms with Crippen LogP contribution in [0.1, 0.15) is 37.8 Å². The summed E-state index contributed by atoms with van der Waals surface area (Å²) in [5.74, 6) is 0. The van der Waals surface area contributed by atoms with Crippen molar-refractivity contribution >= 4 is 0 Å². The van der Waals surface area contributed by atoms with Crippen LogP contribution in [0.25, 0.3) is 0 Å². The molecule has 0 atom stereocenters. The molecule has 1 aliphatic carbocycles. The smallest absolute Gasteiger partial charge is 1.00 e. The van der Waals surface area contributed by atoms with Gasteiger partial charge < -0.3 is 37.2 Å². The summed E-state index contributed by atoms with van der Waals surface area (Å²) >= 11 is 2.25. The third-order valence-corrected chi connectivity index (χ3v) is 5.65. The normalized spacial score (nSPS) is 13.4. The van der Waals surface area contributed by atoms with Crippen molar-refractivity contribution in [3.05, 3.63) is 92.9 Å². The molecule has 0 saturated carbocycles. The van der Waals surface area contributed by atoms with E-state index in [1.807, 2.05) is 0 Å². The molecule has 25 heavy (non-hydrogen) atoms. The Hall–Kier alpha value is -0.496. The van der Waals surface area contributed by atoms with E-state index in [0.29, 0.717) is 0 Å². The quantitative estimate of drug-likeness (QED) is 0.445. The third kappa shape index (κ3) is 4.62. The predicted octanol–water partition coefficient (Wildman–Crippen LogP) is -3.45. The van der Waals surface area contributed by atoms with Gasteiger partial charge in [0.15, 0.2) is 0 Å². The number of benzene rings is 2. The summed E-state index contributed by atoms with van der Waals surface area (Å²) in [5.41, 5.74) is 5.80. The van der Waals surface area contributed by atoms with E-state index < -0.39 is 0 Å². The summed E-state index contributed by atoms with van der Waals surface area (Å²) in [6.07, 6.45) is 4.56. The summed E-state index contributed by atoms with van der Waals surface area (Å²) in [4.78, 5) is 0. The molecule has 0 heterocycles. The van der Waals surface area contributed by atoms with Crippen molar-refractivity contribution in [1.29, 1.82) is 0 Å². The van der Waals surface area contributed by atoms with Gasteiger partial charge in [-0.15, -0.1) is 0 Å². The van der Waals surface area contributed by atoms with Crippen LogP contribution >= 0.6 is 0 Å². The number of halogens is 3. The van der Waals surface area contributed by atoms with Crippen LogP contribution in [0.5, 0.6) is 0 Å². The van der Waals surface area contributed by atoms with E-state index >= 15 is 0 Å². The molecule has 2 aromatic rings. The first-order valence-electron chi connectivity index (χ1n) is 7.93. The van der Waals surface area contributed by atoms with Crippen molar-refractivity contribution in [1.82, 2.24) is 0 Å². The van der Waals surface area contributed by atoms with Gasteiger partial charge in [0, 0.05) is 0 Å². The van der Waals surface area contributed by atoms with Gasteiger partial charge in [-0.25, -0.2) is 0 Å². The van der Waals surface area contributed by atoms with Gasteiger partial charge in [0.1, 0.15) is 0 Å². The molecule has 3 rings (SSSR count). The molecule has 2 aromatic carbocycles. The standard InChI is InChI=1S/C21H21.3ClH.Ti/c1-3-17-11-10-16-20(17)21(2,18-12-6-4-7-13-18)19-14-8-5-9-15-19;;;;/h4-10,12-15H,3,16H2,1-2H3;3*1H;/q;;;;+3/p-3. The Morgan fingerprint density at radius 2 is 1.28 bits per heavy atom. The summed E-state index contributed by atoms with van der Waals surface area (Å²) in [6.45, 7) is 4.66. The number of hydrogen-bond acceptors (Lipinski definition) is 0. The minimum atomic E-state index is -0.0534. The SMILES string of the molecule is CCC1=C(C(C)(c2ccccc2)c2ccccc2)CC=[C]1[Ti+3].[Cl-].[Cl-].[Cl-]. The number of hydrogen-bond donors (Lipinski definition) is 0. The van der Waals surface area contributed by atoms with E-state index in [4.69, 9.17) is 0 Å². The first kappa shape index (κ1) is 24.5. The van der Waals surface area contributed by atoms with Gasteiger partial charge in [-0.1, -0.05) is 0 Å². The summed E-state index contributed by atoms with van der Waals surface area (Å²) < 4.78 is 1.45. The Morgan fingerprint density at radius 3 is 1.68 bits per heavy atom. The molecule has 0 aromatic heterocycles. The van der Waals surface area contributed by atoms with E-state index in [-0.39, 0.29) is 42.6 Å². The van der Waals surface area contributed by atoms with Crippen molar-refractivity contribution in [2.45, 2.75) is 32.1 Å². The molecule has 0 spiro atoms. The van der Waals surface area contributed by atoms with Crippen molar-refractivity contribution in [2.24, 2.45) is 0 Å². The Labute approximate surface area is 181 Å². The van der Waals surface area contributed by atoms with Gasteiger partial charge in [0.05, 0.1) is 0 Å². The van der Waals surface area contributed by atoms with Crippen LogP contribution in [-0.2, 0) is 25.9 Å². The maximum Gasteiger partial charge on any atom is -1.00 e. The van der Waals surface area contributed by atoms with Gasteiger partial charge in [0.2, 0.25) is 0 Å². The van der Waals surface area contributed by atoms with Crippen LogP contribution in [0.2, 0.25) is 0 Å². The molecule has 0 nitrogen and oxygen atoms in total. The molecule has 0 fully saturated rings. The van der Waals surface area contributed by atoms with Gasteiger partial charge >= 0.3 is 145 Å². The minimum absolute atomic E-state index is 0. The Kier molecular flexibility index (Phi) is 10.4. The van der Waals surface area contributed by atoms with Crippen LogP contribution in [0.3, 0.4) is 0 Å². The molecule has 0 bridgehead atoms. The zero-order valence-electron chi connectivity index (χ0n) is 14.4. The Balaban J connectivity index is 0.00000192. The van der Waals surface area contributed by atoms with Crippen LogP contribution in [-0.4, -0.2) is 0 Å². The second-order valence-corrected chi connectivity index (χ2v) is 6.83. The minimum Gasteiger partial charge on any atom is -1.00 e. The Bertz CT molecular complexity index is 682. The largest absolute Gasteiger partial charge is 1.00 e. The predicted molar refractivity (Wildman–Crippen MR) is 89.4 cm³/mol. The molecule has 0 saturated heterocycles. The molecular weight excluding hydrogens is 406 g/mol. The first-order chi connectivity index (χ1) is 10.7. The fourth-order valence-corrected chi connectivity index (χ4v) is 4.25. The van der Waals surface area contributed by atoms with E-state index in [1.54, 1.807) is 5.57 Å². The summed E-state index contributed by atoms with van der Waals surface area (Å²) in [6, 6.07) is 21.9. The molecule has 4 heteroatoms. The van der Waals surface area contributed by atoms with Gasteiger partial charge in [0.25, 0.3) is 0 Å². The fourth-order valence-electron chi connectivity index (χ4n) is 3.58. The van der Waals surface area contributed by atoms with Gasteiger partial charge in [-0.3, -0.25) is 0 Å². The third-order valence-electron chi connectivity index (χ3n) is 4.86. The average molecular weight is 428 g/mol. The maximum absolute atomic E-state index is 2.39. The van der Waals surface area contributed by atoms with Crippen LogP contribution < -0.4 is 37.2 Å². The summed E-state index contributed by atoms with van der Waals surface area (Å²) in [7, 11) is 0. The molecule has 130 valence electrons. The molecule has 1 aliphatic rings. The Morgan fingerprint density at radius 1 is 0.840 bits per heavy atom. The van der Waals surface area contributed by atoms with Crippen molar-refractivity contribution < 1.29 is 57.7 Å². The topological polar surface area (TPSA) is 0 Å². The van der Waals surface area contributed by atoms with E-state index in [0.717, 1.165) is 12.8 Å². The van der Waals surface area contributed by atoms with Crippen LogP contribution in [0.15, 0.2) is 81.8 Å². The van der Waals surface area contributed by atoms with Gasteiger partial charge in [-0.2, -0.15) is 0 Å². The average Bonchev–Trinajstić information content (AvgIpc) is 2.97. The number of allylic oxidation sites excluding steroid dienone is 4. The zero-order valence-corrected chi connectivity index (χ0v) is 18.2. The van der Waals surface area contributed by atoms with Crippen molar-refractivity contribution in [2.75, 3.05) is 0 Å². The molecule has 0 unspecified atom stereocenters. The molecule has 0 N–H and O–H groups in total. The summed E-state index contributed by atoms with van der Waals surface area (Å²) in [5, 5.41) is 0. The van der Waals surface area contributed by atoms with E-state index in [9.17, 15) is 0 Å².